The van der Waals surface area contributed by atoms with Gasteiger partial charge in [-0.2, -0.15) is 0 Å². The van der Waals surface area contributed by atoms with Crippen LogP contribution < -0.4 is 0 Å². The van der Waals surface area contributed by atoms with Gasteiger partial charge in [-0.05, 0) is 32.9 Å². The minimum absolute atomic E-state index is 1.00. The first-order chi connectivity index (χ1) is 7.70. The van der Waals surface area contributed by atoms with E-state index in [1.54, 1.807) is 11.3 Å². The highest BCUT2D eigenvalue weighted by atomic mass is 32.1. The van der Waals surface area contributed by atoms with Crippen LogP contribution in [0.3, 0.4) is 0 Å². The summed E-state index contributed by atoms with van der Waals surface area (Å²) >= 11 is 1.79. The average molecular weight is 230 g/mol. The highest BCUT2D eigenvalue weighted by molar-refractivity contribution is 7.18. The second-order valence-electron chi connectivity index (χ2n) is 4.15. The number of hydrogen-bond acceptors (Lipinski definition) is 2. The first-order valence-corrected chi connectivity index (χ1v) is 6.38. The predicted octanol–water partition coefficient (Wildman–Crippen LogP) is 3.89. The lowest BCUT2D eigenvalue weighted by atomic mass is 10.2. The zero-order chi connectivity index (χ0) is 11.3. The Labute approximate surface area is 98.5 Å². The van der Waals surface area contributed by atoms with Crippen LogP contribution in [-0.2, 0) is 6.54 Å². The van der Waals surface area contributed by atoms with E-state index in [1.807, 2.05) is 0 Å². The van der Waals surface area contributed by atoms with Crippen molar-refractivity contribution >= 4 is 32.6 Å². The van der Waals surface area contributed by atoms with Crippen molar-refractivity contribution in [2.75, 3.05) is 0 Å². The second-order valence-corrected chi connectivity index (χ2v) is 5.33. The first kappa shape index (κ1) is 9.85. The van der Waals surface area contributed by atoms with Gasteiger partial charge in [-0.25, -0.2) is 4.98 Å². The van der Waals surface area contributed by atoms with Gasteiger partial charge in [-0.15, -0.1) is 11.3 Å². The Balaban J connectivity index is 2.56. The summed E-state index contributed by atoms with van der Waals surface area (Å²) in [7, 11) is 0. The van der Waals surface area contributed by atoms with E-state index in [0.717, 1.165) is 11.6 Å². The highest BCUT2D eigenvalue weighted by Gasteiger charge is 2.13. The third-order valence-electron chi connectivity index (χ3n) is 2.98. The molecule has 0 unspecified atom stereocenters. The summed E-state index contributed by atoms with van der Waals surface area (Å²) in [6.45, 7) is 7.40. The molecule has 1 aromatic carbocycles. The van der Waals surface area contributed by atoms with E-state index in [-0.39, 0.29) is 0 Å². The normalized spacial score (nSPS) is 11.7. The van der Waals surface area contributed by atoms with Gasteiger partial charge in [0.1, 0.15) is 10.3 Å². The summed E-state index contributed by atoms with van der Waals surface area (Å²) in [5.74, 6) is 0. The maximum atomic E-state index is 4.65. The van der Waals surface area contributed by atoms with E-state index < -0.39 is 0 Å². The number of aryl methyl sites for hydroxylation is 3. The smallest absolute Gasteiger partial charge is 0.124 e. The van der Waals surface area contributed by atoms with Crippen LogP contribution in [0.1, 0.15) is 17.5 Å². The van der Waals surface area contributed by atoms with Gasteiger partial charge in [0.25, 0.3) is 0 Å². The highest BCUT2D eigenvalue weighted by Crippen LogP contribution is 2.32. The molecule has 0 fully saturated rings. The van der Waals surface area contributed by atoms with Gasteiger partial charge in [0.2, 0.25) is 0 Å². The summed E-state index contributed by atoms with van der Waals surface area (Å²) in [5.41, 5.74) is 3.78. The van der Waals surface area contributed by atoms with Gasteiger partial charge in [0.15, 0.2) is 0 Å². The van der Waals surface area contributed by atoms with Gasteiger partial charge in [0, 0.05) is 11.9 Å². The molecule has 0 atom stereocenters. The van der Waals surface area contributed by atoms with Crippen LogP contribution in [0.25, 0.3) is 21.3 Å². The quantitative estimate of drug-likeness (QED) is 0.620. The number of benzene rings is 1. The molecule has 0 saturated heterocycles. The maximum Gasteiger partial charge on any atom is 0.124 e. The van der Waals surface area contributed by atoms with Crippen molar-refractivity contribution in [3.63, 3.8) is 0 Å². The predicted molar refractivity (Wildman–Crippen MR) is 70.3 cm³/mol. The standard InChI is InChI=1S/C13H14N2S/c1-4-15-11-6-5-8(2)7-10(11)12-13(15)16-9(3)14-12/h5-7H,4H2,1-3H3. The van der Waals surface area contributed by atoms with Crippen molar-refractivity contribution in [1.82, 2.24) is 9.55 Å². The Hall–Kier alpha value is -1.35. The zero-order valence-corrected chi connectivity index (χ0v) is 10.6. The van der Waals surface area contributed by atoms with E-state index in [9.17, 15) is 0 Å². The molecule has 0 amide bonds. The Morgan fingerprint density at radius 3 is 2.88 bits per heavy atom. The van der Waals surface area contributed by atoms with Gasteiger partial charge >= 0.3 is 0 Å². The molecule has 3 heteroatoms. The molecule has 0 spiro atoms. The topological polar surface area (TPSA) is 17.8 Å². The van der Waals surface area contributed by atoms with E-state index in [2.05, 4.69) is 48.5 Å². The first-order valence-electron chi connectivity index (χ1n) is 5.56. The summed E-state index contributed by atoms with van der Waals surface area (Å²) in [4.78, 5) is 5.95. The van der Waals surface area contributed by atoms with Gasteiger partial charge < -0.3 is 4.57 Å². The van der Waals surface area contributed by atoms with E-state index in [0.29, 0.717) is 0 Å². The molecule has 16 heavy (non-hydrogen) atoms. The van der Waals surface area contributed by atoms with Crippen molar-refractivity contribution in [2.24, 2.45) is 0 Å². The summed E-state index contributed by atoms with van der Waals surface area (Å²) in [6.07, 6.45) is 0. The van der Waals surface area contributed by atoms with E-state index >= 15 is 0 Å². The minimum atomic E-state index is 1.00. The molecule has 2 aromatic heterocycles. The minimum Gasteiger partial charge on any atom is -0.331 e. The van der Waals surface area contributed by atoms with Crippen molar-refractivity contribution in [3.05, 3.63) is 28.8 Å². The molecule has 0 N–H and O–H groups in total. The molecule has 3 rings (SSSR count). The SMILES string of the molecule is CCn1c2ccc(C)cc2c2nc(C)sc21. The van der Waals surface area contributed by atoms with Crippen LogP contribution >= 0.6 is 11.3 Å². The molecule has 0 aliphatic carbocycles. The van der Waals surface area contributed by atoms with Crippen molar-refractivity contribution in [3.8, 4) is 0 Å². The number of rotatable bonds is 1. The third-order valence-corrected chi connectivity index (χ3v) is 3.97. The fourth-order valence-corrected chi connectivity index (χ4v) is 3.28. The molecule has 0 aliphatic rings. The second kappa shape index (κ2) is 3.32. The molecule has 2 nitrogen and oxygen atoms in total. The summed E-state index contributed by atoms with van der Waals surface area (Å²) in [6, 6.07) is 6.62. The Morgan fingerprint density at radius 2 is 2.12 bits per heavy atom. The lowest BCUT2D eigenvalue weighted by Gasteiger charge is -2.01. The molecular formula is C13H14N2S. The monoisotopic (exact) mass is 230 g/mol. The largest absolute Gasteiger partial charge is 0.331 e. The molecule has 0 radical (unpaired) electrons. The fourth-order valence-electron chi connectivity index (χ4n) is 2.27. The molecule has 0 saturated carbocycles. The molecule has 2 heterocycles. The van der Waals surface area contributed by atoms with Crippen LogP contribution in [-0.4, -0.2) is 9.55 Å². The Morgan fingerprint density at radius 1 is 1.31 bits per heavy atom. The summed E-state index contributed by atoms with van der Waals surface area (Å²) in [5, 5.41) is 2.44. The molecular weight excluding hydrogens is 216 g/mol. The van der Waals surface area contributed by atoms with E-state index in [1.165, 1.54) is 26.8 Å². The molecule has 0 bridgehead atoms. The van der Waals surface area contributed by atoms with Gasteiger partial charge in [-0.3, -0.25) is 0 Å². The Kier molecular flexibility index (Phi) is 2.04. The number of thiazole rings is 1. The van der Waals surface area contributed by atoms with Crippen LogP contribution in [0.5, 0.6) is 0 Å². The van der Waals surface area contributed by atoms with E-state index in [4.69, 9.17) is 0 Å². The summed E-state index contributed by atoms with van der Waals surface area (Å²) < 4.78 is 2.36. The number of nitrogens with zero attached hydrogens (tertiary/aromatic N) is 2. The van der Waals surface area contributed by atoms with Crippen molar-refractivity contribution in [1.29, 1.82) is 0 Å². The zero-order valence-electron chi connectivity index (χ0n) is 9.74. The average Bonchev–Trinajstić information content (AvgIpc) is 2.74. The molecule has 82 valence electrons. The van der Waals surface area contributed by atoms with Gasteiger partial charge in [0.05, 0.1) is 10.5 Å². The molecule has 3 aromatic rings. The van der Waals surface area contributed by atoms with Crippen LogP contribution in [0.4, 0.5) is 0 Å². The maximum absolute atomic E-state index is 4.65. The molecule has 0 aliphatic heterocycles. The lowest BCUT2D eigenvalue weighted by Crippen LogP contribution is -1.91. The van der Waals surface area contributed by atoms with Gasteiger partial charge in [-0.1, -0.05) is 11.6 Å². The number of fused-ring (bicyclic) bond motifs is 3. The van der Waals surface area contributed by atoms with Crippen molar-refractivity contribution < 1.29 is 0 Å². The Bertz CT molecular complexity index is 676. The van der Waals surface area contributed by atoms with Crippen LogP contribution in [0.2, 0.25) is 0 Å². The number of hydrogen-bond donors (Lipinski definition) is 0. The third kappa shape index (κ3) is 1.21. The fraction of sp³-hybridized carbons (Fsp3) is 0.308. The van der Waals surface area contributed by atoms with Crippen LogP contribution in [0.15, 0.2) is 18.2 Å². The lowest BCUT2D eigenvalue weighted by molar-refractivity contribution is 0.832. The van der Waals surface area contributed by atoms with Crippen molar-refractivity contribution in [2.45, 2.75) is 27.3 Å². The van der Waals surface area contributed by atoms with Crippen LogP contribution in [0, 0.1) is 13.8 Å². The number of aromatic nitrogens is 2.